The van der Waals surface area contributed by atoms with E-state index < -0.39 is 11.0 Å². The number of fused-ring (bicyclic) bond motifs is 4. The lowest BCUT2D eigenvalue weighted by Gasteiger charge is -2.33. The number of aryl methyl sites for hydroxylation is 2. The average molecular weight is 551 g/mol. The Morgan fingerprint density at radius 2 is 1.85 bits per heavy atom. The first-order valence-electron chi connectivity index (χ1n) is 13.4. The maximum atomic E-state index is 13.9. The number of benzene rings is 2. The predicted octanol–water partition coefficient (Wildman–Crippen LogP) is 5.57. The Morgan fingerprint density at radius 1 is 1.10 bits per heavy atom. The van der Waals surface area contributed by atoms with Crippen molar-refractivity contribution in [3.05, 3.63) is 65.2 Å². The van der Waals surface area contributed by atoms with Crippen LogP contribution in [0, 0.1) is 19.8 Å². The number of methoxy groups -OCH3 is 1. The summed E-state index contributed by atoms with van der Waals surface area (Å²) in [4.78, 5) is 25.5. The Kier molecular flexibility index (Phi) is 9.69. The van der Waals surface area contributed by atoms with Crippen LogP contribution in [0.5, 0.6) is 5.88 Å². The van der Waals surface area contributed by atoms with E-state index in [-0.39, 0.29) is 24.5 Å². The summed E-state index contributed by atoms with van der Waals surface area (Å²) < 4.78 is 27.8. The lowest BCUT2D eigenvalue weighted by atomic mass is 10.00. The second-order valence-electron chi connectivity index (χ2n) is 10.4. The van der Waals surface area contributed by atoms with Crippen molar-refractivity contribution in [2.75, 3.05) is 31.6 Å². The summed E-state index contributed by atoms with van der Waals surface area (Å²) in [7, 11) is -0.000730. The lowest BCUT2D eigenvalue weighted by Crippen LogP contribution is -2.45. The van der Waals surface area contributed by atoms with Gasteiger partial charge in [-0.25, -0.2) is 9.19 Å². The lowest BCUT2D eigenvalue weighted by molar-refractivity contribution is 0.0564. The van der Waals surface area contributed by atoms with Crippen LogP contribution in [0.15, 0.2) is 53.4 Å². The zero-order chi connectivity index (χ0) is 27.9. The van der Waals surface area contributed by atoms with Gasteiger partial charge in [-0.15, -0.1) is 0 Å². The van der Waals surface area contributed by atoms with Gasteiger partial charge in [-0.05, 0) is 68.4 Å². The van der Waals surface area contributed by atoms with Gasteiger partial charge in [-0.2, -0.15) is 4.98 Å². The zero-order valence-electron chi connectivity index (χ0n) is 23.4. The molecule has 2 heterocycles. The molecule has 1 amide bonds. The fourth-order valence-electron chi connectivity index (χ4n) is 4.93. The highest BCUT2D eigenvalue weighted by atomic mass is 32.2. The molecule has 0 aliphatic carbocycles. The van der Waals surface area contributed by atoms with Crippen molar-refractivity contribution < 1.29 is 18.5 Å². The number of ether oxygens (including phenoxy) is 2. The monoisotopic (exact) mass is 550 g/mol. The van der Waals surface area contributed by atoms with Crippen LogP contribution >= 0.6 is 0 Å². The number of amides is 1. The Hall–Kier alpha value is -3.30. The minimum atomic E-state index is -1.68. The first-order valence-corrected chi connectivity index (χ1v) is 14.6. The molecule has 4 bridgehead atoms. The second kappa shape index (κ2) is 13.2. The number of rotatable bonds is 8. The number of nitrogens with one attached hydrogen (secondary N) is 1. The summed E-state index contributed by atoms with van der Waals surface area (Å²) in [6.45, 7) is 9.84. The van der Waals surface area contributed by atoms with E-state index in [1.807, 2.05) is 43.0 Å². The van der Waals surface area contributed by atoms with E-state index in [0.29, 0.717) is 41.1 Å². The molecular formula is C30H38N4O4S. The Bertz CT molecular complexity index is 1310. The third-order valence-electron chi connectivity index (χ3n) is 6.79. The summed E-state index contributed by atoms with van der Waals surface area (Å²) in [5.41, 5.74) is 4.31. The first-order chi connectivity index (χ1) is 18.8. The summed E-state index contributed by atoms with van der Waals surface area (Å²) in [5.74, 6) is 0.814. The van der Waals surface area contributed by atoms with Gasteiger partial charge in [0.2, 0.25) is 11.8 Å². The van der Waals surface area contributed by atoms with E-state index in [9.17, 15) is 9.00 Å². The Balaban J connectivity index is 1.80. The number of anilines is 1. The Morgan fingerprint density at radius 3 is 2.56 bits per heavy atom. The van der Waals surface area contributed by atoms with Gasteiger partial charge in [0.05, 0.1) is 16.6 Å². The van der Waals surface area contributed by atoms with Crippen LogP contribution in [-0.2, 0) is 15.7 Å². The largest absolute Gasteiger partial charge is 0.475 e. The number of hydrogen-bond donors (Lipinski definition) is 1. The zero-order valence-corrected chi connectivity index (χ0v) is 24.2. The molecular weight excluding hydrogens is 512 g/mol. The highest BCUT2D eigenvalue weighted by Gasteiger charge is 2.27. The molecule has 0 spiro atoms. The van der Waals surface area contributed by atoms with E-state index in [1.54, 1.807) is 31.4 Å². The first kappa shape index (κ1) is 28.7. The quantitative estimate of drug-likeness (QED) is 0.369. The van der Waals surface area contributed by atoms with E-state index >= 15 is 0 Å². The van der Waals surface area contributed by atoms with Crippen molar-refractivity contribution in [3.63, 3.8) is 0 Å². The Labute approximate surface area is 233 Å². The van der Waals surface area contributed by atoms with Gasteiger partial charge in [-0.3, -0.25) is 9.52 Å². The molecule has 0 fully saturated rings. The van der Waals surface area contributed by atoms with E-state index in [4.69, 9.17) is 14.5 Å². The maximum absolute atomic E-state index is 13.9. The van der Waals surface area contributed by atoms with Crippen LogP contribution in [0.25, 0.3) is 11.3 Å². The molecule has 1 aliphatic heterocycles. The maximum Gasteiger partial charge on any atom is 0.254 e. The minimum Gasteiger partial charge on any atom is -0.475 e. The fraction of sp³-hybridized carbons (Fsp3) is 0.433. The number of carbonyl (C=O) groups excluding carboxylic acids is 1. The summed E-state index contributed by atoms with van der Waals surface area (Å²) in [6.07, 6.45) is 2.41. The smallest absolute Gasteiger partial charge is 0.254 e. The van der Waals surface area contributed by atoms with Crippen LogP contribution in [0.4, 0.5) is 5.95 Å². The molecule has 0 saturated heterocycles. The SMILES string of the molecule is COCCCCN1C(=O)c2cccc(c2)S(=O)Nc2nc(cc(-c3c(C)cccc3C)n2)OC[C@H]1CC(C)C. The van der Waals surface area contributed by atoms with Crippen molar-refractivity contribution >= 4 is 22.8 Å². The number of carbonyl (C=O) groups is 1. The molecule has 208 valence electrons. The van der Waals surface area contributed by atoms with Crippen molar-refractivity contribution in [2.45, 2.75) is 57.9 Å². The highest BCUT2D eigenvalue weighted by Crippen LogP contribution is 2.30. The van der Waals surface area contributed by atoms with Crippen molar-refractivity contribution in [3.8, 4) is 17.1 Å². The average Bonchev–Trinajstić information content (AvgIpc) is 2.90. The number of hydrogen-bond acceptors (Lipinski definition) is 6. The minimum absolute atomic E-state index is 0.103. The van der Waals surface area contributed by atoms with Gasteiger partial charge < -0.3 is 14.4 Å². The van der Waals surface area contributed by atoms with Gasteiger partial charge in [0.1, 0.15) is 6.61 Å². The molecule has 8 nitrogen and oxygen atoms in total. The number of aromatic nitrogens is 2. The summed E-state index contributed by atoms with van der Waals surface area (Å²) in [5, 5.41) is 0. The van der Waals surface area contributed by atoms with Crippen LogP contribution in [0.2, 0.25) is 0 Å². The van der Waals surface area contributed by atoms with Crippen molar-refractivity contribution in [1.82, 2.24) is 14.9 Å². The van der Waals surface area contributed by atoms with Gasteiger partial charge >= 0.3 is 0 Å². The van der Waals surface area contributed by atoms with E-state index in [1.165, 1.54) is 0 Å². The molecule has 1 N–H and O–H groups in total. The number of nitrogens with zero attached hydrogens (tertiary/aromatic N) is 3. The normalized spacial score (nSPS) is 17.6. The highest BCUT2D eigenvalue weighted by molar-refractivity contribution is 7.86. The van der Waals surface area contributed by atoms with Gasteiger partial charge in [0, 0.05) is 37.5 Å². The molecule has 0 saturated carbocycles. The van der Waals surface area contributed by atoms with Gasteiger partial charge in [0.15, 0.2) is 11.0 Å². The summed E-state index contributed by atoms with van der Waals surface area (Å²) in [6, 6.07) is 14.7. The molecule has 0 radical (unpaired) electrons. The molecule has 9 heteroatoms. The van der Waals surface area contributed by atoms with Crippen molar-refractivity contribution in [1.29, 1.82) is 0 Å². The molecule has 3 aromatic rings. The van der Waals surface area contributed by atoms with E-state index in [2.05, 4.69) is 23.6 Å². The molecule has 39 heavy (non-hydrogen) atoms. The second-order valence-corrected chi connectivity index (χ2v) is 11.6. The topological polar surface area (TPSA) is 93.7 Å². The van der Waals surface area contributed by atoms with Crippen molar-refractivity contribution in [2.24, 2.45) is 5.92 Å². The van der Waals surface area contributed by atoms with E-state index in [0.717, 1.165) is 36.0 Å². The standard InChI is InChI=1S/C30H38N4O4S/c1-20(2)16-24-19-38-27-18-26(28-21(3)10-8-11-22(28)4)31-30(32-27)33-39(36)25-13-9-12-23(17-25)29(35)34(24)14-6-7-15-37-5/h8-13,17-18,20,24H,6-7,14-16,19H2,1-5H3,(H,31,32,33)/t24-,39?/m1/s1. The van der Waals surface area contributed by atoms with Crippen LogP contribution in [-0.4, -0.2) is 57.9 Å². The summed E-state index contributed by atoms with van der Waals surface area (Å²) >= 11 is 0. The molecule has 2 atom stereocenters. The van der Waals surface area contributed by atoms with Crippen LogP contribution in [0.3, 0.4) is 0 Å². The van der Waals surface area contributed by atoms with Gasteiger partial charge in [0.25, 0.3) is 5.91 Å². The molecule has 1 aliphatic rings. The predicted molar refractivity (Wildman–Crippen MR) is 154 cm³/mol. The fourth-order valence-corrected chi connectivity index (χ4v) is 5.74. The molecule has 1 unspecified atom stereocenters. The molecule has 1 aromatic heterocycles. The van der Waals surface area contributed by atoms with Crippen LogP contribution < -0.4 is 9.46 Å². The third kappa shape index (κ3) is 7.22. The number of unbranched alkanes of at least 4 members (excludes halogenated alkanes) is 1. The van der Waals surface area contributed by atoms with Gasteiger partial charge in [-0.1, -0.05) is 38.1 Å². The molecule has 4 rings (SSSR count). The third-order valence-corrected chi connectivity index (χ3v) is 7.84. The molecule has 2 aromatic carbocycles. The van der Waals surface area contributed by atoms with Crippen LogP contribution in [0.1, 0.15) is 54.6 Å².